The molecule has 3 heterocycles. The maximum absolute atomic E-state index is 15.0. The zero-order valence-electron chi connectivity index (χ0n) is 29.9. The second-order valence-corrected chi connectivity index (χ2v) is 18.1. The second kappa shape index (κ2) is 14.4. The van der Waals surface area contributed by atoms with Gasteiger partial charge in [-0.15, -0.1) is 6.58 Å². The quantitative estimate of drug-likeness (QED) is 0.162. The number of benzene rings is 1. The summed E-state index contributed by atoms with van der Waals surface area (Å²) in [5.74, 6) is -1.51. The second-order valence-electron chi connectivity index (χ2n) is 14.8. The van der Waals surface area contributed by atoms with Gasteiger partial charge in [0.15, 0.2) is 0 Å². The zero-order valence-corrected chi connectivity index (χ0v) is 32.9. The fraction of sp³-hybridized carbons (Fsp3) is 0.472. The van der Waals surface area contributed by atoms with Crippen LogP contribution in [-0.4, -0.2) is 88.7 Å². The third kappa shape index (κ3) is 7.73. The van der Waals surface area contributed by atoms with Crippen molar-refractivity contribution < 1.29 is 32.3 Å². The summed E-state index contributed by atoms with van der Waals surface area (Å²) < 4.78 is 40.2. The number of halogens is 3. The largest absolute Gasteiger partial charge is 0.494 e. The fourth-order valence-electron chi connectivity index (χ4n) is 6.82. The van der Waals surface area contributed by atoms with Crippen LogP contribution in [0, 0.1) is 11.3 Å². The summed E-state index contributed by atoms with van der Waals surface area (Å²) in [6.45, 7) is 11.0. The molecule has 3 aliphatic rings. The van der Waals surface area contributed by atoms with E-state index in [1.54, 1.807) is 45.9 Å². The van der Waals surface area contributed by atoms with Crippen molar-refractivity contribution >= 4 is 79.3 Å². The number of urea groups is 1. The Morgan fingerprint density at radius 1 is 1.11 bits per heavy atom. The van der Waals surface area contributed by atoms with Crippen LogP contribution in [0.1, 0.15) is 53.4 Å². The first-order valence-electron chi connectivity index (χ1n) is 17.1. The number of carbonyl (C=O) groups is 3. The van der Waals surface area contributed by atoms with E-state index in [0.29, 0.717) is 35.4 Å². The molecule has 6 rings (SSSR count). The van der Waals surface area contributed by atoms with Gasteiger partial charge in [-0.25, -0.2) is 28.1 Å². The zero-order chi connectivity index (χ0) is 38.6. The van der Waals surface area contributed by atoms with Gasteiger partial charge in [-0.3, -0.25) is 14.3 Å². The molecule has 2 aliphatic carbocycles. The first-order valence-corrected chi connectivity index (χ1v) is 19.8. The monoisotopic (exact) mass is 806 g/mol. The third-order valence-electron chi connectivity index (χ3n) is 9.89. The Morgan fingerprint density at radius 2 is 1.83 bits per heavy atom. The van der Waals surface area contributed by atoms with E-state index >= 15 is 4.79 Å². The summed E-state index contributed by atoms with van der Waals surface area (Å²) in [7, 11) is -2.51. The number of aromatic nitrogens is 2. The standard InChI is InChI=1S/C36H41Cl3N6O7S/c1-7-20-16-36(20,33(47)43-53(49,50)24-9-10-24)45(32(46)30(35(3,4)5)42-29-15-22(38)14-28(39)41-29)34(48)44-18-23(12-19(44)2)52-31-26-13-21(37)8-11-25(26)27(51-6)17-40-31/h7-8,11,13-15,17,19-20,23-24,30H,1,9-10,12,16,18H2,2-6H3,(H,41,42)(H,43,47)/t19?,20-,23-,30-,36-/m1/s1. The summed E-state index contributed by atoms with van der Waals surface area (Å²) >= 11 is 18.8. The molecule has 53 heavy (non-hydrogen) atoms. The van der Waals surface area contributed by atoms with Gasteiger partial charge in [0.1, 0.15) is 34.4 Å². The Bertz CT molecular complexity index is 2070. The number of anilines is 1. The number of fused-ring (bicyclic) bond motifs is 1. The van der Waals surface area contributed by atoms with Gasteiger partial charge in [-0.05, 0) is 61.9 Å². The van der Waals surface area contributed by atoms with E-state index in [9.17, 15) is 18.0 Å². The van der Waals surface area contributed by atoms with Gasteiger partial charge in [-0.1, -0.05) is 61.7 Å². The maximum Gasteiger partial charge on any atom is 0.328 e. The molecular formula is C36H41Cl3N6O7S. The van der Waals surface area contributed by atoms with E-state index in [1.165, 1.54) is 36.4 Å². The van der Waals surface area contributed by atoms with E-state index in [2.05, 4.69) is 26.6 Å². The third-order valence-corrected chi connectivity index (χ3v) is 12.4. The van der Waals surface area contributed by atoms with Gasteiger partial charge < -0.3 is 19.7 Å². The van der Waals surface area contributed by atoms with Crippen molar-refractivity contribution in [3.8, 4) is 11.6 Å². The number of imide groups is 1. The van der Waals surface area contributed by atoms with Gasteiger partial charge >= 0.3 is 6.03 Å². The lowest BCUT2D eigenvalue weighted by Crippen LogP contribution is -2.64. The number of ether oxygens (including phenoxy) is 2. The van der Waals surface area contributed by atoms with Crippen molar-refractivity contribution in [2.24, 2.45) is 11.3 Å². The number of methoxy groups -OCH3 is 1. The van der Waals surface area contributed by atoms with Crippen LogP contribution >= 0.6 is 34.8 Å². The first-order chi connectivity index (χ1) is 24.9. The lowest BCUT2D eigenvalue weighted by Gasteiger charge is -2.40. The highest BCUT2D eigenvalue weighted by Crippen LogP contribution is 2.52. The van der Waals surface area contributed by atoms with Gasteiger partial charge in [-0.2, -0.15) is 0 Å². The summed E-state index contributed by atoms with van der Waals surface area (Å²) in [5, 5.41) is 4.50. The van der Waals surface area contributed by atoms with Crippen molar-refractivity contribution in [3.63, 3.8) is 0 Å². The Labute approximate surface area is 323 Å². The van der Waals surface area contributed by atoms with E-state index in [0.717, 1.165) is 10.3 Å². The van der Waals surface area contributed by atoms with Crippen molar-refractivity contribution in [3.05, 3.63) is 64.4 Å². The lowest BCUT2D eigenvalue weighted by atomic mass is 9.85. The van der Waals surface area contributed by atoms with Crippen LogP contribution in [0.5, 0.6) is 11.6 Å². The molecule has 0 spiro atoms. The number of likely N-dealkylation sites (tertiary alicyclic amines) is 1. The van der Waals surface area contributed by atoms with Crippen LogP contribution in [0.2, 0.25) is 15.2 Å². The van der Waals surface area contributed by atoms with Gasteiger partial charge in [0.05, 0.1) is 25.1 Å². The predicted octanol–water partition coefficient (Wildman–Crippen LogP) is 6.47. The molecule has 1 saturated heterocycles. The predicted molar refractivity (Wildman–Crippen MR) is 203 cm³/mol. The molecule has 0 bridgehead atoms. The number of nitrogens with zero attached hydrogens (tertiary/aromatic N) is 4. The molecule has 13 nitrogen and oxygen atoms in total. The SMILES string of the molecule is C=C[C@@H]1C[C@@]1(C(=O)NS(=O)(=O)C1CC1)N(C(=O)[C@@H](Nc1cc(Cl)cc(Cl)n1)C(C)(C)C)C(=O)N1C[C@H](Oc2ncc(OC)c3ccc(Cl)cc23)CC1C. The summed E-state index contributed by atoms with van der Waals surface area (Å²) in [5.41, 5.74) is -2.77. The molecule has 1 aliphatic heterocycles. The number of hydrogen-bond donors (Lipinski definition) is 2. The molecule has 284 valence electrons. The van der Waals surface area contributed by atoms with Gasteiger partial charge in [0.25, 0.3) is 11.8 Å². The summed E-state index contributed by atoms with van der Waals surface area (Å²) in [6, 6.07) is 5.72. The molecule has 2 saturated carbocycles. The van der Waals surface area contributed by atoms with Crippen molar-refractivity contribution in [2.45, 2.75) is 82.4 Å². The fourth-order valence-corrected chi connectivity index (χ4v) is 8.82. The number of pyridine rings is 2. The molecule has 1 aromatic carbocycles. The van der Waals surface area contributed by atoms with Crippen molar-refractivity contribution in [1.82, 2.24) is 24.5 Å². The molecule has 17 heteroatoms. The van der Waals surface area contributed by atoms with E-state index in [-0.39, 0.29) is 34.8 Å². The summed E-state index contributed by atoms with van der Waals surface area (Å²) in [6.07, 6.45) is 3.57. The number of hydrogen-bond acceptors (Lipinski definition) is 10. The molecular weight excluding hydrogens is 767 g/mol. The normalized spacial score (nSPS) is 23.2. The maximum atomic E-state index is 15.0. The molecule has 3 fully saturated rings. The number of carbonyl (C=O) groups excluding carboxylic acids is 3. The minimum absolute atomic E-state index is 0.0233. The van der Waals surface area contributed by atoms with Crippen molar-refractivity contribution in [2.75, 3.05) is 19.0 Å². The van der Waals surface area contributed by atoms with E-state index in [1.807, 2.05) is 0 Å². The smallest absolute Gasteiger partial charge is 0.328 e. The molecule has 0 radical (unpaired) electrons. The van der Waals surface area contributed by atoms with Gasteiger partial charge in [0, 0.05) is 39.2 Å². The topological polar surface area (TPSA) is 160 Å². The highest BCUT2D eigenvalue weighted by Gasteiger charge is 2.68. The van der Waals surface area contributed by atoms with Crippen LogP contribution in [0.3, 0.4) is 0 Å². The van der Waals surface area contributed by atoms with E-state index in [4.69, 9.17) is 44.3 Å². The molecule has 3 aromatic rings. The Balaban J connectivity index is 1.37. The van der Waals surface area contributed by atoms with E-state index < -0.39 is 68.2 Å². The Morgan fingerprint density at radius 3 is 2.43 bits per heavy atom. The average molecular weight is 808 g/mol. The van der Waals surface area contributed by atoms with Crippen LogP contribution in [0.15, 0.2) is 49.2 Å². The molecule has 1 unspecified atom stereocenters. The van der Waals surface area contributed by atoms with Gasteiger partial charge in [0.2, 0.25) is 15.9 Å². The minimum atomic E-state index is -4.05. The molecule has 5 atom stereocenters. The van der Waals surface area contributed by atoms with Crippen molar-refractivity contribution in [1.29, 1.82) is 0 Å². The van der Waals surface area contributed by atoms with Crippen LogP contribution in [0.25, 0.3) is 10.8 Å². The highest BCUT2D eigenvalue weighted by atomic mass is 35.5. The Hall–Kier alpha value is -3.85. The number of nitrogens with one attached hydrogen (secondary N) is 2. The van der Waals surface area contributed by atoms with Crippen LogP contribution < -0.4 is 19.5 Å². The Kier molecular flexibility index (Phi) is 10.6. The minimum Gasteiger partial charge on any atom is -0.494 e. The molecule has 4 amide bonds. The number of sulfonamides is 1. The highest BCUT2D eigenvalue weighted by molar-refractivity contribution is 7.91. The number of rotatable bonds is 11. The summed E-state index contributed by atoms with van der Waals surface area (Å²) in [4.78, 5) is 55.3. The molecule has 2 N–H and O–H groups in total. The lowest BCUT2D eigenvalue weighted by molar-refractivity contribution is -0.141. The number of amides is 4. The first kappa shape index (κ1) is 38.9. The van der Waals surface area contributed by atoms with Crippen LogP contribution in [0.4, 0.5) is 10.6 Å². The average Bonchev–Trinajstić information content (AvgIpc) is 4.00. The molecule has 2 aromatic heterocycles. The van der Waals surface area contributed by atoms with Crippen LogP contribution in [-0.2, 0) is 19.6 Å².